The minimum Gasteiger partial charge on any atom is -0.486 e. The van der Waals surface area contributed by atoms with E-state index in [2.05, 4.69) is 5.32 Å². The lowest BCUT2D eigenvalue weighted by Crippen LogP contribution is -2.43. The smallest absolute Gasteiger partial charge is 0.339 e. The van der Waals surface area contributed by atoms with Crippen molar-refractivity contribution in [3.05, 3.63) is 58.8 Å². The Morgan fingerprint density at radius 1 is 1.06 bits per heavy atom. The number of amides is 1. The number of rotatable bonds is 3. The molecular formula is C26H25NO6. The van der Waals surface area contributed by atoms with Crippen molar-refractivity contribution in [3.63, 3.8) is 0 Å². The summed E-state index contributed by atoms with van der Waals surface area (Å²) < 4.78 is 17.1. The average Bonchev–Trinajstić information content (AvgIpc) is 3.15. The van der Waals surface area contributed by atoms with Crippen LogP contribution in [0.1, 0.15) is 75.4 Å². The topological polar surface area (TPSA) is 94.8 Å². The number of hydrogen-bond acceptors (Lipinski definition) is 6. The SMILES string of the molecule is COC(=O)c1ccccc1NC(=O)c1oc2ccc3c(c2c1C)C(=O)CC1(CCCCC1)O3. The van der Waals surface area contributed by atoms with Gasteiger partial charge in [-0.15, -0.1) is 0 Å². The standard InChI is InChI=1S/C26H25NO6/c1-15-21-19(10-11-20-22(21)18(28)14-26(33-20)12-6-3-7-13-26)32-23(15)24(29)27-17-9-5-4-8-16(17)25(30)31-2/h4-5,8-11H,3,6-7,12-14H2,1-2H3,(H,27,29). The van der Waals surface area contributed by atoms with Crippen LogP contribution in [0.4, 0.5) is 5.69 Å². The van der Waals surface area contributed by atoms with Crippen molar-refractivity contribution in [2.75, 3.05) is 12.4 Å². The maximum absolute atomic E-state index is 13.3. The van der Waals surface area contributed by atoms with Gasteiger partial charge in [-0.1, -0.05) is 18.6 Å². The van der Waals surface area contributed by atoms with Crippen molar-refractivity contribution in [2.24, 2.45) is 0 Å². The van der Waals surface area contributed by atoms with Gasteiger partial charge >= 0.3 is 5.97 Å². The minimum atomic E-state index is -0.555. The van der Waals surface area contributed by atoms with Crippen LogP contribution in [0, 0.1) is 6.92 Å². The van der Waals surface area contributed by atoms with Crippen molar-refractivity contribution in [2.45, 2.75) is 51.0 Å². The highest BCUT2D eigenvalue weighted by Gasteiger charge is 2.42. The van der Waals surface area contributed by atoms with Crippen LogP contribution in [0.15, 0.2) is 40.8 Å². The lowest BCUT2D eigenvalue weighted by atomic mass is 9.78. The molecule has 1 saturated carbocycles. The van der Waals surface area contributed by atoms with Crippen LogP contribution in [0.5, 0.6) is 5.75 Å². The van der Waals surface area contributed by atoms with E-state index < -0.39 is 17.5 Å². The number of hydrogen-bond donors (Lipinski definition) is 1. The number of benzene rings is 2. The van der Waals surface area contributed by atoms with E-state index in [0.717, 1.165) is 25.7 Å². The Labute approximate surface area is 191 Å². The molecule has 0 unspecified atom stereocenters. The summed E-state index contributed by atoms with van der Waals surface area (Å²) in [5.74, 6) is -0.394. The maximum Gasteiger partial charge on any atom is 0.339 e. The molecule has 3 aromatic rings. The van der Waals surface area contributed by atoms with Gasteiger partial charge in [0, 0.05) is 10.9 Å². The summed E-state index contributed by atoms with van der Waals surface area (Å²) in [6, 6.07) is 10.1. The molecule has 1 aromatic heterocycles. The zero-order chi connectivity index (χ0) is 23.2. The predicted octanol–water partition coefficient (Wildman–Crippen LogP) is 5.45. The molecule has 2 aliphatic rings. The second kappa shape index (κ2) is 8.06. The third-order valence-electron chi connectivity index (χ3n) is 6.70. The highest BCUT2D eigenvalue weighted by atomic mass is 16.5. The molecule has 170 valence electrons. The number of para-hydroxylation sites is 1. The predicted molar refractivity (Wildman–Crippen MR) is 122 cm³/mol. The van der Waals surface area contributed by atoms with Gasteiger partial charge in [0.25, 0.3) is 5.91 Å². The number of methoxy groups -OCH3 is 1. The lowest BCUT2D eigenvalue weighted by Gasteiger charge is -2.40. The number of esters is 1. The average molecular weight is 447 g/mol. The number of carbonyl (C=O) groups is 3. The monoisotopic (exact) mass is 447 g/mol. The van der Waals surface area contributed by atoms with Crippen LogP contribution in [0.3, 0.4) is 0 Å². The molecule has 1 spiro atoms. The number of anilines is 1. The molecule has 7 nitrogen and oxygen atoms in total. The number of fused-ring (bicyclic) bond motifs is 3. The van der Waals surface area contributed by atoms with Gasteiger partial charge in [0.2, 0.25) is 0 Å². The Balaban J connectivity index is 1.52. The van der Waals surface area contributed by atoms with Gasteiger partial charge in [0.1, 0.15) is 16.9 Å². The molecule has 2 heterocycles. The third kappa shape index (κ3) is 3.57. The molecule has 1 aliphatic heterocycles. The Hall–Kier alpha value is -3.61. The normalized spacial score (nSPS) is 16.8. The van der Waals surface area contributed by atoms with Crippen molar-refractivity contribution in [1.82, 2.24) is 0 Å². The largest absolute Gasteiger partial charge is 0.486 e. The van der Waals surface area contributed by atoms with E-state index in [9.17, 15) is 14.4 Å². The van der Waals surface area contributed by atoms with E-state index in [1.165, 1.54) is 13.5 Å². The fraction of sp³-hybridized carbons (Fsp3) is 0.346. The molecule has 1 aliphatic carbocycles. The van der Waals surface area contributed by atoms with Gasteiger partial charge in [-0.25, -0.2) is 4.79 Å². The molecular weight excluding hydrogens is 422 g/mol. The first-order valence-electron chi connectivity index (χ1n) is 11.2. The first-order valence-corrected chi connectivity index (χ1v) is 11.2. The third-order valence-corrected chi connectivity index (χ3v) is 6.70. The number of aryl methyl sites for hydroxylation is 1. The molecule has 2 aromatic carbocycles. The van der Waals surface area contributed by atoms with Crippen molar-refractivity contribution < 1.29 is 28.3 Å². The highest BCUT2D eigenvalue weighted by molar-refractivity contribution is 6.15. The molecule has 7 heteroatoms. The summed E-state index contributed by atoms with van der Waals surface area (Å²) in [6.07, 6.45) is 5.41. The number of ketones is 1. The molecule has 1 fully saturated rings. The molecule has 33 heavy (non-hydrogen) atoms. The number of Topliss-reactive ketones (excluding diaryl/α,β-unsaturated/α-hetero) is 1. The summed E-state index contributed by atoms with van der Waals surface area (Å²) in [4.78, 5) is 38.4. The summed E-state index contributed by atoms with van der Waals surface area (Å²) in [7, 11) is 1.28. The Morgan fingerprint density at radius 2 is 1.82 bits per heavy atom. The van der Waals surface area contributed by atoms with E-state index >= 15 is 0 Å². The molecule has 0 saturated heterocycles. The lowest BCUT2D eigenvalue weighted by molar-refractivity contribution is 0.0139. The minimum absolute atomic E-state index is 0.0237. The van der Waals surface area contributed by atoms with Gasteiger partial charge in [0.05, 0.1) is 30.3 Å². The van der Waals surface area contributed by atoms with E-state index in [0.29, 0.717) is 40.0 Å². The summed E-state index contributed by atoms with van der Waals surface area (Å²) in [6.45, 7) is 1.76. The molecule has 1 amide bonds. The van der Waals surface area contributed by atoms with Crippen LogP contribution in [-0.4, -0.2) is 30.4 Å². The van der Waals surface area contributed by atoms with Crippen molar-refractivity contribution in [3.8, 4) is 5.75 Å². The number of nitrogens with one attached hydrogen (secondary N) is 1. The fourth-order valence-corrected chi connectivity index (χ4v) is 5.08. The first-order chi connectivity index (χ1) is 15.9. The molecule has 1 N–H and O–H groups in total. The van der Waals surface area contributed by atoms with Gasteiger partial charge in [0.15, 0.2) is 11.5 Å². The molecule has 5 rings (SSSR count). The summed E-state index contributed by atoms with van der Waals surface area (Å²) in [5.41, 5.74) is 1.64. The van der Waals surface area contributed by atoms with Gasteiger partial charge in [-0.2, -0.15) is 0 Å². The summed E-state index contributed by atoms with van der Waals surface area (Å²) >= 11 is 0. The van der Waals surface area contributed by atoms with Crippen LogP contribution >= 0.6 is 0 Å². The van der Waals surface area contributed by atoms with E-state index in [4.69, 9.17) is 13.9 Å². The Bertz CT molecular complexity index is 1280. The number of ether oxygens (including phenoxy) is 2. The van der Waals surface area contributed by atoms with Crippen LogP contribution in [0.25, 0.3) is 11.0 Å². The zero-order valence-electron chi connectivity index (χ0n) is 18.7. The quantitative estimate of drug-likeness (QED) is 0.537. The first kappa shape index (κ1) is 21.2. The van der Waals surface area contributed by atoms with Gasteiger partial charge in [-0.05, 0) is 56.9 Å². The van der Waals surface area contributed by atoms with Crippen LogP contribution in [-0.2, 0) is 4.74 Å². The van der Waals surface area contributed by atoms with Crippen LogP contribution < -0.4 is 10.1 Å². The van der Waals surface area contributed by atoms with Crippen molar-refractivity contribution >= 4 is 34.3 Å². The summed E-state index contributed by atoms with van der Waals surface area (Å²) in [5, 5.41) is 3.34. The second-order valence-corrected chi connectivity index (χ2v) is 8.80. The van der Waals surface area contributed by atoms with E-state index in [1.54, 1.807) is 43.3 Å². The van der Waals surface area contributed by atoms with Gasteiger partial charge in [-0.3, -0.25) is 9.59 Å². The zero-order valence-corrected chi connectivity index (χ0v) is 18.7. The second-order valence-electron chi connectivity index (χ2n) is 8.80. The highest BCUT2D eigenvalue weighted by Crippen LogP contribution is 2.45. The molecule has 0 bridgehead atoms. The van der Waals surface area contributed by atoms with E-state index in [-0.39, 0.29) is 17.1 Å². The Morgan fingerprint density at radius 3 is 2.58 bits per heavy atom. The maximum atomic E-state index is 13.3. The Kier molecular flexibility index (Phi) is 5.19. The van der Waals surface area contributed by atoms with Gasteiger partial charge < -0.3 is 19.2 Å². The van der Waals surface area contributed by atoms with Crippen molar-refractivity contribution in [1.29, 1.82) is 0 Å². The number of carbonyl (C=O) groups excluding carboxylic acids is 3. The number of furan rings is 1. The van der Waals surface area contributed by atoms with E-state index in [1.807, 2.05) is 0 Å². The molecule has 0 atom stereocenters. The molecule has 0 radical (unpaired) electrons. The fourth-order valence-electron chi connectivity index (χ4n) is 5.08. The van der Waals surface area contributed by atoms with Crippen LogP contribution in [0.2, 0.25) is 0 Å².